The Bertz CT molecular complexity index is 900. The Labute approximate surface area is 211 Å². The molecule has 7 heteroatoms. The molecular formula is C26H32Cl2N2O2S. The van der Waals surface area contributed by atoms with Crippen molar-refractivity contribution in [1.29, 1.82) is 0 Å². The zero-order chi connectivity index (χ0) is 23.6. The van der Waals surface area contributed by atoms with Crippen molar-refractivity contribution >= 4 is 46.8 Å². The fourth-order valence-electron chi connectivity index (χ4n) is 4.24. The first-order chi connectivity index (χ1) is 16.0. The van der Waals surface area contributed by atoms with Crippen molar-refractivity contribution in [1.82, 2.24) is 10.2 Å². The van der Waals surface area contributed by atoms with E-state index < -0.39 is 6.04 Å². The van der Waals surface area contributed by atoms with E-state index >= 15 is 0 Å². The molecule has 2 aromatic carbocycles. The molecule has 1 aliphatic carbocycles. The predicted molar refractivity (Wildman–Crippen MR) is 139 cm³/mol. The van der Waals surface area contributed by atoms with E-state index in [0.29, 0.717) is 28.8 Å². The van der Waals surface area contributed by atoms with Crippen LogP contribution in [0.3, 0.4) is 0 Å². The Balaban J connectivity index is 1.70. The fourth-order valence-corrected chi connectivity index (χ4v) is 5.88. The summed E-state index contributed by atoms with van der Waals surface area (Å²) in [5, 5.41) is 4.41. The highest BCUT2D eigenvalue weighted by molar-refractivity contribution is 7.99. The molecule has 178 valence electrons. The van der Waals surface area contributed by atoms with Crippen LogP contribution in [0.15, 0.2) is 48.5 Å². The number of rotatable bonds is 10. The maximum atomic E-state index is 13.4. The van der Waals surface area contributed by atoms with Gasteiger partial charge in [-0.2, -0.15) is 0 Å². The molecule has 0 unspecified atom stereocenters. The summed E-state index contributed by atoms with van der Waals surface area (Å²) in [6, 6.07) is 15.0. The Morgan fingerprint density at radius 3 is 2.33 bits per heavy atom. The van der Waals surface area contributed by atoms with E-state index in [0.717, 1.165) is 36.8 Å². The molecule has 2 amide bonds. The topological polar surface area (TPSA) is 49.4 Å². The third kappa shape index (κ3) is 7.66. The first-order valence-electron chi connectivity index (χ1n) is 11.6. The SMILES string of the molecule is CC[C@H](C(=O)NC1CCCCC1)N(Cc1ccccc1)C(=O)CSCc1c(Cl)cccc1Cl. The van der Waals surface area contributed by atoms with Crippen LogP contribution < -0.4 is 5.32 Å². The molecule has 1 N–H and O–H groups in total. The van der Waals surface area contributed by atoms with Gasteiger partial charge >= 0.3 is 0 Å². The molecule has 0 radical (unpaired) electrons. The lowest BCUT2D eigenvalue weighted by atomic mass is 9.95. The lowest BCUT2D eigenvalue weighted by molar-refractivity contribution is -0.139. The van der Waals surface area contributed by atoms with Crippen molar-refractivity contribution in [2.24, 2.45) is 0 Å². The molecular weight excluding hydrogens is 475 g/mol. The molecule has 0 bridgehead atoms. The molecule has 1 aliphatic rings. The molecule has 0 spiro atoms. The summed E-state index contributed by atoms with van der Waals surface area (Å²) >= 11 is 14.0. The Morgan fingerprint density at radius 2 is 1.70 bits per heavy atom. The Kier molecular flexibility index (Phi) is 10.4. The van der Waals surface area contributed by atoms with Crippen molar-refractivity contribution in [2.45, 2.75) is 69.8 Å². The summed E-state index contributed by atoms with van der Waals surface area (Å²) in [4.78, 5) is 28.3. The number of halogens is 2. The van der Waals surface area contributed by atoms with Crippen LogP contribution >= 0.6 is 35.0 Å². The van der Waals surface area contributed by atoms with E-state index in [9.17, 15) is 9.59 Å². The van der Waals surface area contributed by atoms with Gasteiger partial charge in [-0.05, 0) is 42.5 Å². The van der Waals surface area contributed by atoms with E-state index in [2.05, 4.69) is 5.32 Å². The first-order valence-corrected chi connectivity index (χ1v) is 13.5. The van der Waals surface area contributed by atoms with Gasteiger partial charge in [0.2, 0.25) is 11.8 Å². The second-order valence-corrected chi connectivity index (χ2v) is 10.3. The van der Waals surface area contributed by atoms with Crippen molar-refractivity contribution in [3.63, 3.8) is 0 Å². The van der Waals surface area contributed by atoms with Crippen LogP contribution in [0.5, 0.6) is 0 Å². The van der Waals surface area contributed by atoms with Crippen molar-refractivity contribution in [3.8, 4) is 0 Å². The number of thioether (sulfide) groups is 1. The molecule has 0 heterocycles. The van der Waals surface area contributed by atoms with Gasteiger partial charge < -0.3 is 10.2 Å². The van der Waals surface area contributed by atoms with Gasteiger partial charge in [0, 0.05) is 28.4 Å². The zero-order valence-corrected chi connectivity index (χ0v) is 21.4. The smallest absolute Gasteiger partial charge is 0.243 e. The summed E-state index contributed by atoms with van der Waals surface area (Å²) in [6.07, 6.45) is 6.13. The molecule has 1 saturated carbocycles. The summed E-state index contributed by atoms with van der Waals surface area (Å²) in [7, 11) is 0. The number of benzene rings is 2. The number of amides is 2. The molecule has 0 aromatic heterocycles. The number of nitrogens with one attached hydrogen (secondary N) is 1. The van der Waals surface area contributed by atoms with Gasteiger partial charge in [0.25, 0.3) is 0 Å². The number of hydrogen-bond donors (Lipinski definition) is 1. The average Bonchev–Trinajstić information content (AvgIpc) is 2.82. The van der Waals surface area contributed by atoms with Crippen molar-refractivity contribution in [3.05, 3.63) is 69.7 Å². The van der Waals surface area contributed by atoms with Crippen LogP contribution in [0.2, 0.25) is 10.0 Å². The molecule has 33 heavy (non-hydrogen) atoms. The highest BCUT2D eigenvalue weighted by Crippen LogP contribution is 2.28. The third-order valence-corrected chi connectivity index (χ3v) is 7.72. The van der Waals surface area contributed by atoms with Crippen LogP contribution in [0.1, 0.15) is 56.6 Å². The second kappa shape index (κ2) is 13.3. The number of carbonyl (C=O) groups excluding carboxylic acids is 2. The minimum Gasteiger partial charge on any atom is -0.352 e. The maximum Gasteiger partial charge on any atom is 0.243 e. The quantitative estimate of drug-likeness (QED) is 0.400. The lowest BCUT2D eigenvalue weighted by Crippen LogP contribution is -2.52. The minimum absolute atomic E-state index is 0.0483. The van der Waals surface area contributed by atoms with E-state index in [1.54, 1.807) is 17.0 Å². The van der Waals surface area contributed by atoms with Gasteiger partial charge in [0.15, 0.2) is 0 Å². The van der Waals surface area contributed by atoms with E-state index in [1.165, 1.54) is 18.2 Å². The van der Waals surface area contributed by atoms with Gasteiger partial charge in [-0.3, -0.25) is 9.59 Å². The lowest BCUT2D eigenvalue weighted by Gasteiger charge is -2.32. The average molecular weight is 508 g/mol. The molecule has 3 rings (SSSR count). The van der Waals surface area contributed by atoms with E-state index in [1.807, 2.05) is 43.3 Å². The first kappa shape index (κ1) is 25.9. The predicted octanol–water partition coefficient (Wildman–Crippen LogP) is 6.48. The van der Waals surface area contributed by atoms with Gasteiger partial charge in [-0.25, -0.2) is 0 Å². The van der Waals surface area contributed by atoms with Gasteiger partial charge in [-0.1, -0.05) is 85.8 Å². The Hall–Kier alpha value is -1.69. The highest BCUT2D eigenvalue weighted by Gasteiger charge is 2.30. The number of hydrogen-bond acceptors (Lipinski definition) is 3. The van der Waals surface area contributed by atoms with E-state index in [-0.39, 0.29) is 23.6 Å². The van der Waals surface area contributed by atoms with E-state index in [4.69, 9.17) is 23.2 Å². The monoisotopic (exact) mass is 506 g/mol. The van der Waals surface area contributed by atoms with Crippen LogP contribution in [-0.2, 0) is 21.9 Å². The summed E-state index contributed by atoms with van der Waals surface area (Å²) in [5.41, 5.74) is 1.84. The normalized spacial score (nSPS) is 15.1. The molecule has 0 aliphatic heterocycles. The van der Waals surface area contributed by atoms with Gasteiger partial charge in [-0.15, -0.1) is 11.8 Å². The van der Waals surface area contributed by atoms with Crippen molar-refractivity contribution < 1.29 is 9.59 Å². The van der Waals surface area contributed by atoms with Gasteiger partial charge in [0.05, 0.1) is 5.75 Å². The van der Waals surface area contributed by atoms with Gasteiger partial charge in [0.1, 0.15) is 6.04 Å². The fraction of sp³-hybridized carbons (Fsp3) is 0.462. The van der Waals surface area contributed by atoms with Crippen LogP contribution in [0.4, 0.5) is 0 Å². The Morgan fingerprint density at radius 1 is 1.03 bits per heavy atom. The molecule has 1 fully saturated rings. The maximum absolute atomic E-state index is 13.4. The largest absolute Gasteiger partial charge is 0.352 e. The molecule has 4 nitrogen and oxygen atoms in total. The van der Waals surface area contributed by atoms with Crippen LogP contribution in [0.25, 0.3) is 0 Å². The summed E-state index contributed by atoms with van der Waals surface area (Å²) < 4.78 is 0. The molecule has 2 aromatic rings. The third-order valence-electron chi connectivity index (χ3n) is 6.07. The van der Waals surface area contributed by atoms with Crippen molar-refractivity contribution in [2.75, 3.05) is 5.75 Å². The molecule has 0 saturated heterocycles. The molecule has 1 atom stereocenters. The zero-order valence-electron chi connectivity index (χ0n) is 19.1. The minimum atomic E-state index is -0.496. The summed E-state index contributed by atoms with van der Waals surface area (Å²) in [6.45, 7) is 2.37. The van der Waals surface area contributed by atoms with Crippen LogP contribution in [-0.4, -0.2) is 34.6 Å². The second-order valence-electron chi connectivity index (χ2n) is 8.47. The number of nitrogens with zero attached hydrogens (tertiary/aromatic N) is 1. The van der Waals surface area contributed by atoms with Crippen LogP contribution in [0, 0.1) is 0 Å². The summed E-state index contributed by atoms with van der Waals surface area (Å²) in [5.74, 6) is 0.682. The number of carbonyl (C=O) groups is 2. The highest BCUT2D eigenvalue weighted by atomic mass is 35.5. The standard InChI is InChI=1S/C26H32Cl2N2O2S/c1-2-24(26(32)29-20-12-7-4-8-13-20)30(16-19-10-5-3-6-11-19)25(31)18-33-17-21-22(27)14-9-15-23(21)28/h3,5-6,9-11,14-15,20,24H,2,4,7-8,12-13,16-18H2,1H3,(H,29,32)/t24-/m1/s1.